The Labute approximate surface area is 150 Å². The number of urea groups is 1. The molecular formula is C19H19F2N3O2. The first-order chi connectivity index (χ1) is 12.5. The predicted octanol–water partition coefficient (Wildman–Crippen LogP) is 3.28. The van der Waals surface area contributed by atoms with Crippen LogP contribution in [0.5, 0.6) is 0 Å². The first-order valence-electron chi connectivity index (χ1n) is 8.38. The van der Waals surface area contributed by atoms with E-state index < -0.39 is 12.1 Å². The van der Waals surface area contributed by atoms with Gasteiger partial charge in [-0.05, 0) is 54.8 Å². The maximum Gasteiger partial charge on any atom is 0.322 e. The molecule has 2 N–H and O–H groups in total. The summed E-state index contributed by atoms with van der Waals surface area (Å²) in [6, 6.07) is 10.4. The van der Waals surface area contributed by atoms with Gasteiger partial charge in [-0.1, -0.05) is 12.1 Å². The zero-order valence-corrected chi connectivity index (χ0v) is 14.0. The standard InChI is InChI=1S/C19H19F2N3O2/c20-14-5-3-13(4-6-14)12-22-18(25)17-2-1-11-24(17)19(26)23-16-9-7-15(21)8-10-16/h3-10,17H,1-2,11-12H2,(H,22,25)(H,23,26)/t17-/m0/s1. The highest BCUT2D eigenvalue weighted by Gasteiger charge is 2.34. The molecule has 1 fully saturated rings. The molecule has 5 nitrogen and oxygen atoms in total. The fraction of sp³-hybridized carbons (Fsp3) is 0.263. The lowest BCUT2D eigenvalue weighted by Gasteiger charge is -2.24. The Kier molecular flexibility index (Phi) is 5.46. The summed E-state index contributed by atoms with van der Waals surface area (Å²) in [4.78, 5) is 26.3. The fourth-order valence-corrected chi connectivity index (χ4v) is 2.92. The van der Waals surface area contributed by atoms with E-state index in [1.807, 2.05) is 0 Å². The number of hydrogen-bond donors (Lipinski definition) is 2. The molecule has 1 aliphatic heterocycles. The summed E-state index contributed by atoms with van der Waals surface area (Å²) < 4.78 is 25.9. The molecule has 0 bridgehead atoms. The second-order valence-electron chi connectivity index (χ2n) is 6.13. The first kappa shape index (κ1) is 17.8. The third-order valence-electron chi connectivity index (χ3n) is 4.29. The average Bonchev–Trinajstić information content (AvgIpc) is 3.13. The fourth-order valence-electron chi connectivity index (χ4n) is 2.92. The molecule has 0 radical (unpaired) electrons. The van der Waals surface area contributed by atoms with E-state index in [-0.39, 0.29) is 24.1 Å². The van der Waals surface area contributed by atoms with Gasteiger partial charge >= 0.3 is 6.03 Å². The zero-order valence-electron chi connectivity index (χ0n) is 14.0. The Morgan fingerprint density at radius 3 is 2.27 bits per heavy atom. The lowest BCUT2D eigenvalue weighted by molar-refractivity contribution is -0.124. The number of carbonyl (C=O) groups excluding carboxylic acids is 2. The Balaban J connectivity index is 1.57. The van der Waals surface area contributed by atoms with Crippen LogP contribution < -0.4 is 10.6 Å². The minimum absolute atomic E-state index is 0.249. The maximum absolute atomic E-state index is 12.9. The molecule has 136 valence electrons. The van der Waals surface area contributed by atoms with Crippen LogP contribution in [0.2, 0.25) is 0 Å². The highest BCUT2D eigenvalue weighted by Crippen LogP contribution is 2.19. The third-order valence-corrected chi connectivity index (χ3v) is 4.29. The number of hydrogen-bond acceptors (Lipinski definition) is 2. The molecule has 0 aliphatic carbocycles. The van der Waals surface area contributed by atoms with Crippen LogP contribution in [0.1, 0.15) is 18.4 Å². The summed E-state index contributed by atoms with van der Waals surface area (Å²) in [5.74, 6) is -0.970. The van der Waals surface area contributed by atoms with Crippen LogP contribution in [0, 0.1) is 11.6 Å². The molecule has 0 unspecified atom stereocenters. The van der Waals surface area contributed by atoms with Crippen molar-refractivity contribution in [1.82, 2.24) is 10.2 Å². The van der Waals surface area contributed by atoms with E-state index in [2.05, 4.69) is 10.6 Å². The molecule has 0 saturated carbocycles. The number of carbonyl (C=O) groups is 2. The van der Waals surface area contributed by atoms with Gasteiger partial charge in [0.2, 0.25) is 5.91 Å². The van der Waals surface area contributed by atoms with Crippen molar-refractivity contribution in [3.63, 3.8) is 0 Å². The van der Waals surface area contributed by atoms with Crippen molar-refractivity contribution < 1.29 is 18.4 Å². The first-order valence-corrected chi connectivity index (χ1v) is 8.38. The number of likely N-dealkylation sites (tertiary alicyclic amines) is 1. The van der Waals surface area contributed by atoms with Crippen molar-refractivity contribution in [1.29, 1.82) is 0 Å². The molecule has 1 atom stereocenters. The van der Waals surface area contributed by atoms with Gasteiger partial charge in [-0.2, -0.15) is 0 Å². The Morgan fingerprint density at radius 1 is 1.00 bits per heavy atom. The smallest absolute Gasteiger partial charge is 0.322 e. The van der Waals surface area contributed by atoms with E-state index in [1.54, 1.807) is 12.1 Å². The second-order valence-corrected chi connectivity index (χ2v) is 6.13. The Bertz CT molecular complexity index is 778. The Morgan fingerprint density at radius 2 is 1.62 bits per heavy atom. The second kappa shape index (κ2) is 7.95. The van der Waals surface area contributed by atoms with Gasteiger partial charge in [0.15, 0.2) is 0 Å². The van der Waals surface area contributed by atoms with Crippen molar-refractivity contribution in [2.24, 2.45) is 0 Å². The molecule has 26 heavy (non-hydrogen) atoms. The van der Waals surface area contributed by atoms with Gasteiger partial charge in [0.05, 0.1) is 0 Å². The molecule has 0 aromatic heterocycles. The van der Waals surface area contributed by atoms with Crippen molar-refractivity contribution >= 4 is 17.6 Å². The number of rotatable bonds is 4. The van der Waals surface area contributed by atoms with Crippen LogP contribution in [-0.4, -0.2) is 29.4 Å². The molecule has 0 spiro atoms. The number of benzene rings is 2. The van der Waals surface area contributed by atoms with Crippen molar-refractivity contribution in [3.8, 4) is 0 Å². The van der Waals surface area contributed by atoms with E-state index in [0.717, 1.165) is 12.0 Å². The number of nitrogens with one attached hydrogen (secondary N) is 2. The van der Waals surface area contributed by atoms with Gasteiger partial charge in [-0.15, -0.1) is 0 Å². The van der Waals surface area contributed by atoms with Crippen molar-refractivity contribution in [2.75, 3.05) is 11.9 Å². The molecule has 7 heteroatoms. The summed E-state index contributed by atoms with van der Waals surface area (Å²) in [5, 5.41) is 5.46. The highest BCUT2D eigenvalue weighted by molar-refractivity contribution is 5.94. The molecule has 1 aliphatic rings. The quantitative estimate of drug-likeness (QED) is 0.880. The van der Waals surface area contributed by atoms with Gasteiger partial charge in [-0.3, -0.25) is 4.79 Å². The van der Waals surface area contributed by atoms with Crippen molar-refractivity contribution in [3.05, 3.63) is 65.7 Å². The average molecular weight is 359 g/mol. The van der Waals surface area contributed by atoms with Crippen LogP contribution in [0.25, 0.3) is 0 Å². The zero-order chi connectivity index (χ0) is 18.5. The maximum atomic E-state index is 12.9. The lowest BCUT2D eigenvalue weighted by atomic mass is 10.2. The van der Waals surface area contributed by atoms with Crippen LogP contribution in [0.3, 0.4) is 0 Å². The molecule has 1 saturated heterocycles. The summed E-state index contributed by atoms with van der Waals surface area (Å²) >= 11 is 0. The van der Waals surface area contributed by atoms with Crippen LogP contribution >= 0.6 is 0 Å². The number of anilines is 1. The van der Waals surface area contributed by atoms with Gasteiger partial charge in [-0.25, -0.2) is 13.6 Å². The SMILES string of the molecule is O=C(NCc1ccc(F)cc1)[C@@H]1CCCN1C(=O)Nc1ccc(F)cc1. The molecule has 2 aromatic rings. The number of nitrogens with zero attached hydrogens (tertiary/aromatic N) is 1. The van der Waals surface area contributed by atoms with Crippen molar-refractivity contribution in [2.45, 2.75) is 25.4 Å². The topological polar surface area (TPSA) is 61.4 Å². The predicted molar refractivity (Wildman–Crippen MR) is 93.4 cm³/mol. The third kappa shape index (κ3) is 4.36. The summed E-state index contributed by atoms with van der Waals surface area (Å²) in [7, 11) is 0. The normalized spacial score (nSPS) is 16.4. The summed E-state index contributed by atoms with van der Waals surface area (Å²) in [6.07, 6.45) is 1.30. The molecule has 2 aromatic carbocycles. The van der Waals surface area contributed by atoms with Crippen LogP contribution in [0.4, 0.5) is 19.3 Å². The molecular weight excluding hydrogens is 340 g/mol. The Hall–Kier alpha value is -2.96. The van der Waals surface area contributed by atoms with E-state index in [0.29, 0.717) is 18.7 Å². The minimum atomic E-state index is -0.559. The van der Waals surface area contributed by atoms with E-state index in [4.69, 9.17) is 0 Å². The lowest BCUT2D eigenvalue weighted by Crippen LogP contribution is -2.47. The van der Waals surface area contributed by atoms with Gasteiger partial charge in [0, 0.05) is 18.8 Å². The highest BCUT2D eigenvalue weighted by atomic mass is 19.1. The minimum Gasteiger partial charge on any atom is -0.350 e. The number of amides is 3. The van der Waals surface area contributed by atoms with E-state index in [9.17, 15) is 18.4 Å². The molecule has 3 rings (SSSR count). The summed E-state index contributed by atoms with van der Waals surface area (Å²) in [5.41, 5.74) is 1.24. The monoisotopic (exact) mass is 359 g/mol. The molecule has 3 amide bonds. The van der Waals surface area contributed by atoms with Gasteiger partial charge in [0.25, 0.3) is 0 Å². The largest absolute Gasteiger partial charge is 0.350 e. The van der Waals surface area contributed by atoms with Gasteiger partial charge in [0.1, 0.15) is 17.7 Å². The van der Waals surface area contributed by atoms with Gasteiger partial charge < -0.3 is 15.5 Å². The van der Waals surface area contributed by atoms with E-state index >= 15 is 0 Å². The summed E-state index contributed by atoms with van der Waals surface area (Å²) in [6.45, 7) is 0.741. The van der Waals surface area contributed by atoms with Crippen LogP contribution in [0.15, 0.2) is 48.5 Å². The van der Waals surface area contributed by atoms with Crippen LogP contribution in [-0.2, 0) is 11.3 Å². The van der Waals surface area contributed by atoms with E-state index in [1.165, 1.54) is 41.3 Å². The molecule has 1 heterocycles. The number of halogens is 2.